The molecule has 0 aliphatic heterocycles. The zero-order valence-electron chi connectivity index (χ0n) is 10.9. The molecular weight excluding hydrogens is 319 g/mol. The van der Waals surface area contributed by atoms with Crippen molar-refractivity contribution >= 4 is 23.2 Å². The zero-order valence-corrected chi connectivity index (χ0v) is 12.4. The predicted octanol–water partition coefficient (Wildman–Crippen LogP) is 4.05. The highest BCUT2D eigenvalue weighted by Crippen LogP contribution is 2.34. The van der Waals surface area contributed by atoms with E-state index in [9.17, 15) is 13.9 Å². The van der Waals surface area contributed by atoms with Crippen LogP contribution >= 0.6 is 23.2 Å². The maximum Gasteiger partial charge on any atom is 0.129 e. The van der Waals surface area contributed by atoms with Crippen molar-refractivity contribution in [3.8, 4) is 0 Å². The number of aliphatic hydroxyl groups is 1. The van der Waals surface area contributed by atoms with Crippen molar-refractivity contribution in [2.24, 2.45) is 5.73 Å². The number of hydrogen-bond acceptors (Lipinski definition) is 2. The molecule has 0 saturated heterocycles. The molecule has 0 aliphatic rings. The number of aliphatic hydroxyl groups excluding tert-OH is 1. The van der Waals surface area contributed by atoms with Crippen molar-refractivity contribution in [1.29, 1.82) is 0 Å². The van der Waals surface area contributed by atoms with E-state index in [1.807, 2.05) is 0 Å². The summed E-state index contributed by atoms with van der Waals surface area (Å²) in [4.78, 5) is 0. The Morgan fingerprint density at radius 1 is 1.05 bits per heavy atom. The van der Waals surface area contributed by atoms with Crippen molar-refractivity contribution in [2.75, 3.05) is 6.54 Å². The largest absolute Gasteiger partial charge is 0.388 e. The van der Waals surface area contributed by atoms with Gasteiger partial charge in [-0.1, -0.05) is 29.3 Å². The van der Waals surface area contributed by atoms with E-state index < -0.39 is 23.7 Å². The molecule has 2 aromatic rings. The van der Waals surface area contributed by atoms with E-state index in [4.69, 9.17) is 28.9 Å². The molecule has 0 amide bonds. The SMILES string of the molecule is NCC(c1ccc(Cl)c(Cl)c1)C(O)c1cc(F)ccc1F. The molecule has 2 unspecified atom stereocenters. The number of rotatable bonds is 4. The van der Waals surface area contributed by atoms with E-state index in [1.54, 1.807) is 18.2 Å². The Kier molecular flexibility index (Phi) is 5.17. The van der Waals surface area contributed by atoms with Gasteiger partial charge in [-0.15, -0.1) is 0 Å². The standard InChI is InChI=1S/C15H13Cl2F2NO/c16-12-3-1-8(5-13(12)17)11(7-20)15(21)10-6-9(18)2-4-14(10)19/h1-6,11,15,21H,7,20H2. The van der Waals surface area contributed by atoms with Gasteiger partial charge in [-0.3, -0.25) is 0 Å². The first-order valence-corrected chi connectivity index (χ1v) is 6.97. The second-order valence-corrected chi connectivity index (χ2v) is 5.44. The first-order valence-electron chi connectivity index (χ1n) is 6.22. The Bertz CT molecular complexity index is 652. The molecule has 2 rings (SSSR count). The van der Waals surface area contributed by atoms with Crippen molar-refractivity contribution < 1.29 is 13.9 Å². The van der Waals surface area contributed by atoms with E-state index >= 15 is 0 Å². The highest BCUT2D eigenvalue weighted by molar-refractivity contribution is 6.42. The topological polar surface area (TPSA) is 46.2 Å². The van der Waals surface area contributed by atoms with Crippen molar-refractivity contribution in [1.82, 2.24) is 0 Å². The fourth-order valence-electron chi connectivity index (χ4n) is 2.15. The van der Waals surface area contributed by atoms with Crippen LogP contribution in [0.2, 0.25) is 10.0 Å². The molecule has 2 atom stereocenters. The van der Waals surface area contributed by atoms with Crippen LogP contribution in [0.1, 0.15) is 23.1 Å². The molecule has 6 heteroatoms. The Morgan fingerprint density at radius 2 is 1.76 bits per heavy atom. The molecule has 0 bridgehead atoms. The van der Waals surface area contributed by atoms with Gasteiger partial charge in [0.15, 0.2) is 0 Å². The maximum absolute atomic E-state index is 13.8. The lowest BCUT2D eigenvalue weighted by atomic mass is 9.89. The van der Waals surface area contributed by atoms with Crippen molar-refractivity contribution in [3.05, 3.63) is 69.2 Å². The van der Waals surface area contributed by atoms with Crippen molar-refractivity contribution in [3.63, 3.8) is 0 Å². The summed E-state index contributed by atoms with van der Waals surface area (Å²) in [5, 5.41) is 11.0. The molecule has 0 saturated carbocycles. The molecule has 0 spiro atoms. The predicted molar refractivity (Wildman–Crippen MR) is 79.6 cm³/mol. The van der Waals surface area contributed by atoms with Crippen LogP contribution in [-0.4, -0.2) is 11.7 Å². The van der Waals surface area contributed by atoms with Crippen molar-refractivity contribution in [2.45, 2.75) is 12.0 Å². The minimum atomic E-state index is -1.29. The van der Waals surface area contributed by atoms with Gasteiger partial charge in [-0.2, -0.15) is 0 Å². The van der Waals surface area contributed by atoms with Gasteiger partial charge in [0, 0.05) is 18.0 Å². The normalized spacial score (nSPS) is 14.0. The minimum Gasteiger partial charge on any atom is -0.388 e. The summed E-state index contributed by atoms with van der Waals surface area (Å²) in [7, 11) is 0. The Morgan fingerprint density at radius 3 is 2.38 bits per heavy atom. The first-order chi connectivity index (χ1) is 9.93. The van der Waals surface area contributed by atoms with E-state index in [0.717, 1.165) is 18.2 Å². The van der Waals surface area contributed by atoms with Crippen LogP contribution in [0.25, 0.3) is 0 Å². The maximum atomic E-state index is 13.8. The minimum absolute atomic E-state index is 0.0368. The fraction of sp³-hybridized carbons (Fsp3) is 0.200. The van der Waals surface area contributed by atoms with Gasteiger partial charge in [0.1, 0.15) is 11.6 Å². The van der Waals surface area contributed by atoms with E-state index in [2.05, 4.69) is 0 Å². The van der Waals surface area contributed by atoms with E-state index in [1.165, 1.54) is 0 Å². The van der Waals surface area contributed by atoms with Gasteiger partial charge < -0.3 is 10.8 Å². The second-order valence-electron chi connectivity index (χ2n) is 4.63. The zero-order chi connectivity index (χ0) is 15.6. The van der Waals surface area contributed by atoms with Crippen LogP contribution in [0.4, 0.5) is 8.78 Å². The molecule has 2 aromatic carbocycles. The van der Waals surface area contributed by atoms with Gasteiger partial charge in [0.25, 0.3) is 0 Å². The molecule has 3 N–H and O–H groups in total. The average Bonchev–Trinajstić information content (AvgIpc) is 2.46. The van der Waals surface area contributed by atoms with E-state index in [0.29, 0.717) is 15.6 Å². The molecule has 2 nitrogen and oxygen atoms in total. The van der Waals surface area contributed by atoms with Crippen LogP contribution in [0, 0.1) is 11.6 Å². The Hall–Kier alpha value is -1.20. The third kappa shape index (κ3) is 3.52. The van der Waals surface area contributed by atoms with Gasteiger partial charge in [-0.05, 0) is 35.9 Å². The summed E-state index contributed by atoms with van der Waals surface area (Å²) in [6, 6.07) is 7.68. The van der Waals surface area contributed by atoms with Crippen LogP contribution in [0.15, 0.2) is 36.4 Å². The average molecular weight is 332 g/mol. The summed E-state index contributed by atoms with van der Waals surface area (Å²) in [5.74, 6) is -1.95. The molecule has 0 fully saturated rings. The Labute approximate surface area is 131 Å². The van der Waals surface area contributed by atoms with Crippen LogP contribution in [0.3, 0.4) is 0 Å². The number of hydrogen-bond donors (Lipinski definition) is 2. The molecule has 112 valence electrons. The molecule has 21 heavy (non-hydrogen) atoms. The summed E-state index contributed by atoms with van der Waals surface area (Å²) >= 11 is 11.8. The third-order valence-electron chi connectivity index (χ3n) is 3.28. The fourth-order valence-corrected chi connectivity index (χ4v) is 2.45. The van der Waals surface area contributed by atoms with Gasteiger partial charge >= 0.3 is 0 Å². The lowest BCUT2D eigenvalue weighted by Crippen LogP contribution is -2.21. The van der Waals surface area contributed by atoms with Gasteiger partial charge in [0.2, 0.25) is 0 Å². The van der Waals surface area contributed by atoms with E-state index in [-0.39, 0.29) is 12.1 Å². The summed E-state index contributed by atoms with van der Waals surface area (Å²) in [6.07, 6.45) is -1.29. The number of halogens is 4. The number of benzene rings is 2. The van der Waals surface area contributed by atoms with Crippen LogP contribution in [0.5, 0.6) is 0 Å². The molecule has 0 aromatic heterocycles. The second kappa shape index (κ2) is 6.71. The summed E-state index contributed by atoms with van der Waals surface area (Å²) in [6.45, 7) is 0.0368. The first kappa shape index (κ1) is 16.2. The highest BCUT2D eigenvalue weighted by atomic mass is 35.5. The lowest BCUT2D eigenvalue weighted by molar-refractivity contribution is 0.142. The third-order valence-corrected chi connectivity index (χ3v) is 4.02. The quantitative estimate of drug-likeness (QED) is 0.887. The Balaban J connectivity index is 2.40. The van der Waals surface area contributed by atoms with Gasteiger partial charge in [-0.25, -0.2) is 8.78 Å². The molecule has 0 radical (unpaired) electrons. The number of nitrogens with two attached hydrogens (primary N) is 1. The van der Waals surface area contributed by atoms with Gasteiger partial charge in [0.05, 0.1) is 16.1 Å². The van der Waals surface area contributed by atoms with Crippen LogP contribution in [-0.2, 0) is 0 Å². The molecule has 0 aliphatic carbocycles. The molecular formula is C15H13Cl2F2NO. The smallest absolute Gasteiger partial charge is 0.129 e. The lowest BCUT2D eigenvalue weighted by Gasteiger charge is -2.23. The highest BCUT2D eigenvalue weighted by Gasteiger charge is 2.25. The summed E-state index contributed by atoms with van der Waals surface area (Å²) in [5.41, 5.74) is 6.12. The monoisotopic (exact) mass is 331 g/mol. The summed E-state index contributed by atoms with van der Waals surface area (Å²) < 4.78 is 27.0. The molecule has 0 heterocycles. The van der Waals surface area contributed by atoms with Crippen LogP contribution < -0.4 is 5.73 Å².